The fraction of sp³-hybridized carbons (Fsp3) is 0.389. The number of methoxy groups -OCH3 is 1. The Morgan fingerprint density at radius 2 is 1.91 bits per heavy atom. The van der Waals surface area contributed by atoms with Gasteiger partial charge in [-0.3, -0.25) is 9.59 Å². The monoisotopic (exact) mass is 530 g/mol. The van der Waals surface area contributed by atoms with E-state index in [9.17, 15) is 31.2 Å². The lowest BCUT2D eigenvalue weighted by Gasteiger charge is -2.22. The van der Waals surface area contributed by atoms with Crippen molar-refractivity contribution in [3.8, 4) is 11.6 Å². The quantitative estimate of drug-likeness (QED) is 0.326. The number of halogens is 5. The Hall–Kier alpha value is -2.51. The third kappa shape index (κ3) is 4.49. The highest BCUT2D eigenvalue weighted by molar-refractivity contribution is 7.88. The molecular formula is C18H15Cl2F3N2O7S. The van der Waals surface area contributed by atoms with Crippen LogP contribution in [-0.2, 0) is 31.0 Å². The normalized spacial score (nSPS) is 16.0. The van der Waals surface area contributed by atoms with E-state index in [0.29, 0.717) is 0 Å². The average Bonchev–Trinajstić information content (AvgIpc) is 3.06. The van der Waals surface area contributed by atoms with E-state index in [2.05, 4.69) is 9.17 Å². The topological polar surface area (TPSA) is 112 Å². The van der Waals surface area contributed by atoms with E-state index >= 15 is 0 Å². The predicted octanol–water partition coefficient (Wildman–Crippen LogP) is 3.74. The van der Waals surface area contributed by atoms with Gasteiger partial charge in [-0.25, -0.2) is 4.98 Å². The number of hydrogen-bond donors (Lipinski definition) is 0. The number of amides is 1. The van der Waals surface area contributed by atoms with Crippen LogP contribution in [0.3, 0.4) is 0 Å². The highest BCUT2D eigenvalue weighted by Gasteiger charge is 2.50. The number of pyridine rings is 1. The molecule has 1 aromatic heterocycles. The van der Waals surface area contributed by atoms with Gasteiger partial charge < -0.3 is 18.6 Å². The number of carbonyl (C=O) groups excluding carboxylic acids is 2. The van der Waals surface area contributed by atoms with Crippen LogP contribution in [-0.4, -0.2) is 49.4 Å². The summed E-state index contributed by atoms with van der Waals surface area (Å²) in [4.78, 5) is 28.7. The molecule has 0 unspecified atom stereocenters. The maximum atomic E-state index is 13.0. The standard InChI is InChI=1S/C18H15Cl2F3N2O7S/c1-7-13-9-4-11(30-3)14(19)15(20)16(9)24-17(32-33(28,29)18(21,22)23)10(13)5-25(7)12(27)6-31-8(2)26/h4,7H,5-6H2,1-3H3/t7-/m0/s1. The lowest BCUT2D eigenvalue weighted by molar-refractivity contribution is -0.151. The maximum Gasteiger partial charge on any atom is 0.534 e. The third-order valence-corrected chi connectivity index (χ3v) is 6.64. The van der Waals surface area contributed by atoms with Gasteiger partial charge in [0.05, 0.1) is 30.2 Å². The maximum absolute atomic E-state index is 13.0. The van der Waals surface area contributed by atoms with Crippen LogP contribution in [0.1, 0.15) is 31.0 Å². The summed E-state index contributed by atoms with van der Waals surface area (Å²) in [5.74, 6) is -2.19. The number of carbonyl (C=O) groups is 2. The fourth-order valence-corrected chi connectivity index (χ4v) is 4.27. The van der Waals surface area contributed by atoms with Crippen molar-refractivity contribution in [1.29, 1.82) is 0 Å². The first-order valence-electron chi connectivity index (χ1n) is 9.01. The molecule has 15 heteroatoms. The highest BCUT2D eigenvalue weighted by atomic mass is 35.5. The van der Waals surface area contributed by atoms with Crippen molar-refractivity contribution < 1.29 is 44.8 Å². The molecule has 1 atom stereocenters. The largest absolute Gasteiger partial charge is 0.534 e. The molecule has 0 N–H and O–H groups in total. The van der Waals surface area contributed by atoms with Gasteiger partial charge in [-0.1, -0.05) is 23.2 Å². The number of esters is 1. The van der Waals surface area contributed by atoms with E-state index < -0.39 is 46.0 Å². The van der Waals surface area contributed by atoms with Gasteiger partial charge >= 0.3 is 21.6 Å². The van der Waals surface area contributed by atoms with E-state index in [4.69, 9.17) is 32.7 Å². The van der Waals surface area contributed by atoms with Gasteiger partial charge in [-0.05, 0) is 18.6 Å². The summed E-state index contributed by atoms with van der Waals surface area (Å²) >= 11 is 12.4. The van der Waals surface area contributed by atoms with Crippen molar-refractivity contribution >= 4 is 56.1 Å². The first kappa shape index (κ1) is 25.1. The van der Waals surface area contributed by atoms with Crippen LogP contribution in [0.25, 0.3) is 10.9 Å². The van der Waals surface area contributed by atoms with Gasteiger partial charge in [-0.15, -0.1) is 0 Å². The van der Waals surface area contributed by atoms with Gasteiger partial charge in [0.2, 0.25) is 5.88 Å². The molecule has 9 nitrogen and oxygen atoms in total. The minimum absolute atomic E-state index is 0.0977. The zero-order valence-electron chi connectivity index (χ0n) is 17.1. The fourth-order valence-electron chi connectivity index (χ4n) is 3.37. The van der Waals surface area contributed by atoms with E-state index in [-0.39, 0.29) is 44.4 Å². The van der Waals surface area contributed by atoms with E-state index in [1.54, 1.807) is 0 Å². The predicted molar refractivity (Wildman–Crippen MR) is 110 cm³/mol. The van der Waals surface area contributed by atoms with Gasteiger partial charge in [0, 0.05) is 17.9 Å². The minimum Gasteiger partial charge on any atom is -0.495 e. The van der Waals surface area contributed by atoms with Gasteiger partial charge in [0.15, 0.2) is 6.61 Å². The summed E-state index contributed by atoms with van der Waals surface area (Å²) in [6.07, 6.45) is 0. The zero-order chi connectivity index (χ0) is 24.9. The molecule has 2 aromatic rings. The number of nitrogens with zero attached hydrogens (tertiary/aromatic N) is 2. The molecule has 2 heterocycles. The Morgan fingerprint density at radius 1 is 1.27 bits per heavy atom. The number of hydrogen-bond acceptors (Lipinski definition) is 8. The molecule has 0 spiro atoms. The molecule has 1 aliphatic rings. The van der Waals surface area contributed by atoms with Crippen LogP contribution in [0.5, 0.6) is 11.6 Å². The Bertz CT molecular complexity index is 1270. The summed E-state index contributed by atoms with van der Waals surface area (Å²) in [6, 6.07) is 0.597. The Morgan fingerprint density at radius 3 is 2.45 bits per heavy atom. The van der Waals surface area contributed by atoms with Crippen LogP contribution >= 0.6 is 23.2 Å². The Kier molecular flexibility index (Phi) is 6.61. The van der Waals surface area contributed by atoms with Gasteiger partial charge in [-0.2, -0.15) is 21.6 Å². The van der Waals surface area contributed by atoms with Gasteiger partial charge in [0.1, 0.15) is 10.8 Å². The van der Waals surface area contributed by atoms with Crippen molar-refractivity contribution in [2.75, 3.05) is 13.7 Å². The molecule has 1 amide bonds. The molecule has 0 bridgehead atoms. The second kappa shape index (κ2) is 8.69. The third-order valence-electron chi connectivity index (χ3n) is 4.86. The molecule has 0 fully saturated rings. The average molecular weight is 531 g/mol. The van der Waals surface area contributed by atoms with Crippen molar-refractivity contribution in [3.05, 3.63) is 27.2 Å². The highest BCUT2D eigenvalue weighted by Crippen LogP contribution is 2.47. The lowest BCUT2D eigenvalue weighted by atomic mass is 10.0. The summed E-state index contributed by atoms with van der Waals surface area (Å²) in [7, 11) is -4.78. The smallest absolute Gasteiger partial charge is 0.495 e. The SMILES string of the molecule is COc1cc2c3c(c(OS(=O)(=O)C(F)(F)F)nc2c(Cl)c1Cl)CN(C(=O)COC(C)=O)[C@H]3C. The molecule has 0 aliphatic carbocycles. The number of rotatable bonds is 5. The number of aromatic nitrogens is 1. The number of fused-ring (bicyclic) bond motifs is 3. The van der Waals surface area contributed by atoms with E-state index in [1.807, 2.05) is 0 Å². The second-order valence-corrected chi connectivity index (χ2v) is 9.17. The minimum atomic E-state index is -6.09. The molecule has 33 heavy (non-hydrogen) atoms. The molecule has 1 aliphatic heterocycles. The number of alkyl halides is 3. The molecule has 3 rings (SSSR count). The summed E-state index contributed by atoms with van der Waals surface area (Å²) in [5.41, 5.74) is -5.76. The van der Waals surface area contributed by atoms with Crippen LogP contribution in [0.4, 0.5) is 13.2 Å². The molecular weight excluding hydrogens is 516 g/mol. The summed E-state index contributed by atoms with van der Waals surface area (Å²) in [6.45, 7) is 1.63. The molecule has 1 aromatic carbocycles. The summed E-state index contributed by atoms with van der Waals surface area (Å²) < 4.78 is 76.4. The lowest BCUT2D eigenvalue weighted by Crippen LogP contribution is -2.32. The summed E-state index contributed by atoms with van der Waals surface area (Å²) in [5, 5.41) is -0.0829. The molecule has 0 radical (unpaired) electrons. The van der Waals surface area contributed by atoms with Crippen LogP contribution in [0, 0.1) is 0 Å². The molecule has 0 saturated heterocycles. The zero-order valence-corrected chi connectivity index (χ0v) is 19.4. The van der Waals surface area contributed by atoms with Crippen LogP contribution < -0.4 is 8.92 Å². The molecule has 180 valence electrons. The molecule has 0 saturated carbocycles. The number of ether oxygens (including phenoxy) is 2. The number of benzene rings is 1. The van der Waals surface area contributed by atoms with Crippen LogP contribution in [0.15, 0.2) is 6.07 Å². The Labute approximate surface area is 195 Å². The second-order valence-electron chi connectivity index (χ2n) is 6.87. The van der Waals surface area contributed by atoms with E-state index in [1.165, 1.54) is 20.1 Å². The first-order valence-corrected chi connectivity index (χ1v) is 11.2. The van der Waals surface area contributed by atoms with E-state index in [0.717, 1.165) is 11.8 Å². The van der Waals surface area contributed by atoms with Crippen molar-refractivity contribution in [2.45, 2.75) is 31.9 Å². The van der Waals surface area contributed by atoms with Gasteiger partial charge in [0.25, 0.3) is 5.91 Å². The van der Waals surface area contributed by atoms with Crippen molar-refractivity contribution in [3.63, 3.8) is 0 Å². The van der Waals surface area contributed by atoms with Crippen LogP contribution in [0.2, 0.25) is 10.0 Å². The first-order chi connectivity index (χ1) is 15.2. The van der Waals surface area contributed by atoms with Crippen molar-refractivity contribution in [2.24, 2.45) is 0 Å². The Balaban J connectivity index is 2.24. The van der Waals surface area contributed by atoms with Crippen molar-refractivity contribution in [1.82, 2.24) is 9.88 Å².